The number of carbonyl (C=O) groups is 1. The van der Waals surface area contributed by atoms with Crippen LogP contribution in [0.4, 0.5) is 0 Å². The predicted octanol–water partition coefficient (Wildman–Crippen LogP) is 3.27. The van der Waals surface area contributed by atoms with E-state index >= 15 is 0 Å². The number of carbonyl (C=O) groups excluding carboxylic acids is 1. The largest absolute Gasteiger partial charge is 0.479 e. The summed E-state index contributed by atoms with van der Waals surface area (Å²) in [5.41, 5.74) is 0. The van der Waals surface area contributed by atoms with Crippen molar-refractivity contribution in [2.24, 2.45) is 5.92 Å². The van der Waals surface area contributed by atoms with Crippen LogP contribution in [-0.4, -0.2) is 31.6 Å². The number of piperidine rings is 1. The standard InChI is InChI=1S/C16H22Cl2N2O2/c1-11(22-15-5-4-13(17)9-14(15)18)16(21)20-8-6-12-3-2-7-19-10-12/h4-5,9,11-12,19H,2-3,6-8,10H2,1H3,(H,20,21). The Kier molecular flexibility index (Phi) is 6.80. The summed E-state index contributed by atoms with van der Waals surface area (Å²) in [7, 11) is 0. The predicted molar refractivity (Wildman–Crippen MR) is 89.8 cm³/mol. The Morgan fingerprint density at radius 3 is 3.00 bits per heavy atom. The summed E-state index contributed by atoms with van der Waals surface area (Å²) in [6, 6.07) is 4.95. The maximum Gasteiger partial charge on any atom is 0.260 e. The van der Waals surface area contributed by atoms with E-state index in [-0.39, 0.29) is 5.91 Å². The fourth-order valence-corrected chi connectivity index (χ4v) is 2.98. The van der Waals surface area contributed by atoms with E-state index in [0.29, 0.717) is 28.3 Å². The Bertz CT molecular complexity index is 505. The average molecular weight is 345 g/mol. The Labute approximate surface area is 141 Å². The van der Waals surface area contributed by atoms with Crippen LogP contribution in [-0.2, 0) is 4.79 Å². The Hall–Kier alpha value is -0.970. The van der Waals surface area contributed by atoms with Gasteiger partial charge in [0, 0.05) is 11.6 Å². The van der Waals surface area contributed by atoms with Gasteiger partial charge in [-0.15, -0.1) is 0 Å². The molecule has 2 atom stereocenters. The molecule has 1 saturated heterocycles. The molecule has 0 aromatic heterocycles. The molecule has 122 valence electrons. The van der Waals surface area contributed by atoms with E-state index < -0.39 is 6.10 Å². The van der Waals surface area contributed by atoms with Crippen molar-refractivity contribution in [3.05, 3.63) is 28.2 Å². The number of rotatable bonds is 6. The average Bonchev–Trinajstić information content (AvgIpc) is 2.51. The van der Waals surface area contributed by atoms with E-state index in [4.69, 9.17) is 27.9 Å². The first kappa shape index (κ1) is 17.4. The molecule has 6 heteroatoms. The van der Waals surface area contributed by atoms with Crippen LogP contribution in [0, 0.1) is 5.92 Å². The number of amides is 1. The fourth-order valence-electron chi connectivity index (χ4n) is 2.53. The minimum Gasteiger partial charge on any atom is -0.479 e. The van der Waals surface area contributed by atoms with Crippen molar-refractivity contribution in [3.63, 3.8) is 0 Å². The summed E-state index contributed by atoms with van der Waals surface area (Å²) in [4.78, 5) is 12.0. The number of halogens is 2. The van der Waals surface area contributed by atoms with Gasteiger partial charge in [0.2, 0.25) is 0 Å². The molecule has 0 aliphatic carbocycles. The maximum atomic E-state index is 12.0. The van der Waals surface area contributed by atoms with Crippen LogP contribution in [0.5, 0.6) is 5.75 Å². The second-order valence-corrected chi connectivity index (χ2v) is 6.47. The van der Waals surface area contributed by atoms with Crippen molar-refractivity contribution < 1.29 is 9.53 Å². The normalized spacial score (nSPS) is 19.5. The van der Waals surface area contributed by atoms with Gasteiger partial charge >= 0.3 is 0 Å². The van der Waals surface area contributed by atoms with Crippen LogP contribution in [0.15, 0.2) is 18.2 Å². The second-order valence-electron chi connectivity index (χ2n) is 5.63. The van der Waals surface area contributed by atoms with Crippen molar-refractivity contribution in [2.45, 2.75) is 32.3 Å². The zero-order valence-corrected chi connectivity index (χ0v) is 14.2. The van der Waals surface area contributed by atoms with Crippen molar-refractivity contribution in [1.29, 1.82) is 0 Å². The first-order valence-electron chi connectivity index (χ1n) is 7.66. The first-order chi connectivity index (χ1) is 10.6. The van der Waals surface area contributed by atoms with Gasteiger partial charge in [0.05, 0.1) is 5.02 Å². The van der Waals surface area contributed by atoms with E-state index in [9.17, 15) is 4.79 Å². The van der Waals surface area contributed by atoms with Crippen molar-refractivity contribution >= 4 is 29.1 Å². The van der Waals surface area contributed by atoms with Gasteiger partial charge in [0.15, 0.2) is 6.10 Å². The molecule has 1 aliphatic heterocycles. The van der Waals surface area contributed by atoms with Crippen LogP contribution >= 0.6 is 23.2 Å². The quantitative estimate of drug-likeness (QED) is 0.832. The molecule has 0 saturated carbocycles. The zero-order chi connectivity index (χ0) is 15.9. The summed E-state index contributed by atoms with van der Waals surface area (Å²) in [6.07, 6.45) is 2.85. The highest BCUT2D eigenvalue weighted by Gasteiger charge is 2.17. The fraction of sp³-hybridized carbons (Fsp3) is 0.562. The molecule has 1 aromatic rings. The van der Waals surface area contributed by atoms with Gasteiger partial charge in [-0.1, -0.05) is 23.2 Å². The lowest BCUT2D eigenvalue weighted by molar-refractivity contribution is -0.127. The molecule has 4 nitrogen and oxygen atoms in total. The van der Waals surface area contributed by atoms with Crippen LogP contribution in [0.3, 0.4) is 0 Å². The van der Waals surface area contributed by atoms with Gasteiger partial charge in [-0.25, -0.2) is 0 Å². The number of benzene rings is 1. The smallest absolute Gasteiger partial charge is 0.260 e. The molecule has 1 heterocycles. The first-order valence-corrected chi connectivity index (χ1v) is 8.42. The van der Waals surface area contributed by atoms with Crippen LogP contribution in [0.25, 0.3) is 0 Å². The molecule has 0 spiro atoms. The third kappa shape index (κ3) is 5.34. The molecular formula is C16H22Cl2N2O2. The van der Waals surface area contributed by atoms with E-state index in [0.717, 1.165) is 19.5 Å². The minimum atomic E-state index is -0.594. The molecule has 0 radical (unpaired) electrons. The molecule has 1 aliphatic rings. The van der Waals surface area contributed by atoms with Gasteiger partial charge in [0.25, 0.3) is 5.91 Å². The maximum absolute atomic E-state index is 12.0. The summed E-state index contributed by atoms with van der Waals surface area (Å²) >= 11 is 11.9. The van der Waals surface area contributed by atoms with Crippen LogP contribution in [0.1, 0.15) is 26.2 Å². The van der Waals surface area contributed by atoms with E-state index in [1.165, 1.54) is 12.8 Å². The van der Waals surface area contributed by atoms with E-state index in [1.54, 1.807) is 25.1 Å². The molecule has 0 bridgehead atoms. The molecule has 2 unspecified atom stereocenters. The number of hydrogen-bond donors (Lipinski definition) is 2. The van der Waals surface area contributed by atoms with Crippen molar-refractivity contribution in [3.8, 4) is 5.75 Å². The lowest BCUT2D eigenvalue weighted by Crippen LogP contribution is -2.38. The monoisotopic (exact) mass is 344 g/mol. The molecule has 1 aromatic carbocycles. The molecule has 1 fully saturated rings. The topological polar surface area (TPSA) is 50.4 Å². The molecule has 22 heavy (non-hydrogen) atoms. The van der Waals surface area contributed by atoms with Crippen LogP contribution in [0.2, 0.25) is 10.0 Å². The summed E-state index contributed by atoms with van der Waals surface area (Å²) < 4.78 is 5.59. The van der Waals surface area contributed by atoms with Crippen LogP contribution < -0.4 is 15.4 Å². The Morgan fingerprint density at radius 1 is 1.50 bits per heavy atom. The highest BCUT2D eigenvalue weighted by Crippen LogP contribution is 2.28. The highest BCUT2D eigenvalue weighted by molar-refractivity contribution is 6.35. The summed E-state index contributed by atoms with van der Waals surface area (Å²) in [5.74, 6) is 0.982. The number of nitrogens with one attached hydrogen (secondary N) is 2. The SMILES string of the molecule is CC(Oc1ccc(Cl)cc1Cl)C(=O)NCCC1CCCNC1. The highest BCUT2D eigenvalue weighted by atomic mass is 35.5. The van der Waals surface area contributed by atoms with Crippen molar-refractivity contribution in [2.75, 3.05) is 19.6 Å². The van der Waals surface area contributed by atoms with Crippen molar-refractivity contribution in [1.82, 2.24) is 10.6 Å². The number of hydrogen-bond acceptors (Lipinski definition) is 3. The van der Waals surface area contributed by atoms with Gasteiger partial charge in [-0.05, 0) is 63.4 Å². The Morgan fingerprint density at radius 2 is 2.32 bits per heavy atom. The molecule has 2 rings (SSSR count). The lowest BCUT2D eigenvalue weighted by Gasteiger charge is -2.23. The summed E-state index contributed by atoms with van der Waals surface area (Å²) in [6.45, 7) is 4.54. The molecule has 2 N–H and O–H groups in total. The van der Waals surface area contributed by atoms with Gasteiger partial charge in [-0.3, -0.25) is 4.79 Å². The Balaban J connectivity index is 1.74. The lowest BCUT2D eigenvalue weighted by atomic mass is 9.96. The molecular weight excluding hydrogens is 323 g/mol. The third-order valence-corrected chi connectivity index (χ3v) is 4.35. The number of ether oxygens (including phenoxy) is 1. The third-order valence-electron chi connectivity index (χ3n) is 3.82. The van der Waals surface area contributed by atoms with E-state index in [2.05, 4.69) is 10.6 Å². The summed E-state index contributed by atoms with van der Waals surface area (Å²) in [5, 5.41) is 7.24. The van der Waals surface area contributed by atoms with Gasteiger partial charge in [-0.2, -0.15) is 0 Å². The molecule has 1 amide bonds. The second kappa shape index (κ2) is 8.61. The van der Waals surface area contributed by atoms with Gasteiger partial charge in [0.1, 0.15) is 5.75 Å². The minimum absolute atomic E-state index is 0.130. The van der Waals surface area contributed by atoms with Gasteiger partial charge < -0.3 is 15.4 Å². The zero-order valence-electron chi connectivity index (χ0n) is 12.7. The van der Waals surface area contributed by atoms with E-state index in [1.807, 2.05) is 0 Å².